The first-order valence-corrected chi connectivity index (χ1v) is 9.39. The van der Waals surface area contributed by atoms with Gasteiger partial charge in [-0.25, -0.2) is 5.57 Å². The summed E-state index contributed by atoms with van der Waals surface area (Å²) in [6, 6.07) is 18.3. The first kappa shape index (κ1) is 28.1. The second-order valence-electron chi connectivity index (χ2n) is 7.71. The van der Waals surface area contributed by atoms with Gasteiger partial charge in [0.2, 0.25) is 0 Å². The minimum Gasteiger partial charge on any atom is -1.00 e. The summed E-state index contributed by atoms with van der Waals surface area (Å²) >= 11 is 0. The normalized spacial score (nSPS) is 17.7. The molecule has 0 heterocycles. The summed E-state index contributed by atoms with van der Waals surface area (Å²) in [5.74, 6) is 0.386. The van der Waals surface area contributed by atoms with Gasteiger partial charge in [0.25, 0.3) is 0 Å². The number of rotatable bonds is 1. The Labute approximate surface area is 208 Å². The van der Waals surface area contributed by atoms with Crippen LogP contribution in [0.4, 0.5) is 0 Å². The average Bonchev–Trinajstić information content (AvgIpc) is 3.04. The average molecular weight is 503 g/mol. The van der Waals surface area contributed by atoms with E-state index >= 15 is 0 Å². The molecule has 0 aliphatic heterocycles. The van der Waals surface area contributed by atoms with Crippen LogP contribution in [-0.2, 0) is 26.2 Å². The molecule has 0 radical (unpaired) electrons. The number of hydrogen-bond donors (Lipinski definition) is 0. The third-order valence-electron chi connectivity index (χ3n) is 5.73. The number of fused-ring (bicyclic) bond motifs is 3. The van der Waals surface area contributed by atoms with Crippen LogP contribution in [-0.4, -0.2) is 0 Å². The summed E-state index contributed by atoms with van der Waals surface area (Å²) in [4.78, 5) is 0. The fourth-order valence-electron chi connectivity index (χ4n) is 3.91. The van der Waals surface area contributed by atoms with E-state index in [4.69, 9.17) is 0 Å². The number of allylic oxidation sites excluding steroid dienone is 6. The molecular weight excluding hydrogens is 474 g/mol. The number of halogens is 2. The molecule has 0 bridgehead atoms. The van der Waals surface area contributed by atoms with Crippen LogP contribution >= 0.6 is 0 Å². The van der Waals surface area contributed by atoms with Gasteiger partial charge in [-0.3, -0.25) is 6.08 Å². The molecule has 0 nitrogen and oxygen atoms in total. The molecule has 0 fully saturated rings. The third kappa shape index (κ3) is 5.63. The van der Waals surface area contributed by atoms with Crippen LogP contribution in [0.1, 0.15) is 58.6 Å². The minimum absolute atomic E-state index is 0. The Kier molecular flexibility index (Phi) is 11.1. The number of benzene rings is 2. The molecule has 3 heteroatoms. The molecule has 0 amide bonds. The molecule has 150 valence electrons. The molecule has 0 saturated carbocycles. The van der Waals surface area contributed by atoms with Crippen molar-refractivity contribution in [2.24, 2.45) is 5.41 Å². The van der Waals surface area contributed by atoms with Gasteiger partial charge in [-0.15, -0.1) is 18.1 Å². The zero-order valence-electron chi connectivity index (χ0n) is 18.0. The Balaban J connectivity index is 0.000000535. The Morgan fingerprint density at radius 3 is 2.07 bits per heavy atom. The van der Waals surface area contributed by atoms with Crippen molar-refractivity contribution in [2.45, 2.75) is 47.5 Å². The van der Waals surface area contributed by atoms with Crippen molar-refractivity contribution < 1.29 is 51.0 Å². The van der Waals surface area contributed by atoms with Gasteiger partial charge >= 0.3 is 26.2 Å². The zero-order chi connectivity index (χ0) is 18.9. The van der Waals surface area contributed by atoms with Gasteiger partial charge < -0.3 is 24.8 Å². The maximum atomic E-state index is 3.44. The van der Waals surface area contributed by atoms with Gasteiger partial charge in [0, 0.05) is 5.92 Å². The Morgan fingerprint density at radius 2 is 1.55 bits per heavy atom. The van der Waals surface area contributed by atoms with Crippen LogP contribution in [0, 0.1) is 17.6 Å². The van der Waals surface area contributed by atoms with Crippen molar-refractivity contribution in [3.05, 3.63) is 94.6 Å². The topological polar surface area (TPSA) is 0 Å². The van der Waals surface area contributed by atoms with Crippen LogP contribution in [0.5, 0.6) is 0 Å². The van der Waals surface area contributed by atoms with E-state index < -0.39 is 0 Å². The van der Waals surface area contributed by atoms with E-state index in [-0.39, 0.29) is 56.4 Å². The Hall–Kier alpha value is -0.877. The summed E-state index contributed by atoms with van der Waals surface area (Å²) in [6.45, 7) is 13.0. The Bertz CT molecular complexity index is 874. The van der Waals surface area contributed by atoms with Crippen molar-refractivity contribution in [2.75, 3.05) is 0 Å². The van der Waals surface area contributed by atoms with Crippen LogP contribution in [0.25, 0.3) is 11.1 Å². The molecule has 4 rings (SSSR count). The maximum absolute atomic E-state index is 3.44. The van der Waals surface area contributed by atoms with Crippen molar-refractivity contribution in [1.29, 1.82) is 0 Å². The van der Waals surface area contributed by atoms with Gasteiger partial charge in [0.1, 0.15) is 0 Å². The predicted molar refractivity (Wildman–Crippen MR) is 112 cm³/mol. The van der Waals surface area contributed by atoms with E-state index in [2.05, 4.69) is 102 Å². The van der Waals surface area contributed by atoms with E-state index in [0.717, 1.165) is 0 Å². The van der Waals surface area contributed by atoms with Gasteiger partial charge in [0.15, 0.2) is 0 Å². The molecule has 1 atom stereocenters. The third-order valence-corrected chi connectivity index (χ3v) is 5.73. The van der Waals surface area contributed by atoms with Crippen molar-refractivity contribution >= 4 is 0 Å². The molecular formula is C26H28Cl2Zr. The first-order chi connectivity index (χ1) is 12.4. The molecule has 0 spiro atoms. The van der Waals surface area contributed by atoms with Crippen LogP contribution in [0.3, 0.4) is 0 Å². The first-order valence-electron chi connectivity index (χ1n) is 9.39. The largest absolute Gasteiger partial charge is 4.00 e. The molecule has 0 saturated heterocycles. The molecule has 1 unspecified atom stereocenters. The zero-order valence-corrected chi connectivity index (χ0v) is 22.0. The molecule has 2 aromatic carbocycles. The van der Waals surface area contributed by atoms with E-state index in [9.17, 15) is 0 Å². The Morgan fingerprint density at radius 1 is 0.931 bits per heavy atom. The van der Waals surface area contributed by atoms with E-state index in [1.807, 2.05) is 6.07 Å². The summed E-state index contributed by atoms with van der Waals surface area (Å²) in [5.41, 5.74) is 9.80. The smallest absolute Gasteiger partial charge is 1.00 e. The fourth-order valence-corrected chi connectivity index (χ4v) is 3.91. The maximum Gasteiger partial charge on any atom is 4.00 e. The second-order valence-corrected chi connectivity index (χ2v) is 7.71. The summed E-state index contributed by atoms with van der Waals surface area (Å²) < 4.78 is 0. The van der Waals surface area contributed by atoms with E-state index in [1.165, 1.54) is 39.0 Å². The number of hydrogen-bond acceptors (Lipinski definition) is 0. The van der Waals surface area contributed by atoms with Gasteiger partial charge in [-0.05, 0) is 12.5 Å². The van der Waals surface area contributed by atoms with Gasteiger partial charge in [-0.2, -0.15) is 35.4 Å². The van der Waals surface area contributed by atoms with E-state index in [0.29, 0.717) is 5.92 Å². The van der Waals surface area contributed by atoms with Crippen molar-refractivity contribution in [3.63, 3.8) is 0 Å². The standard InChI is InChI=1S/C16H13.C10H15.2ClH.Zr/c1-2-7-12-13-8-3-5-10-15(13)16-11-6-4-9-14(12)16;1-7-6-10(4,5)9(3)8(7)2;;;/h2-8,10-12H,1H3;1-5H3;2*1H;/q2*-1;;;+4/p-2. The fraction of sp³-hybridized carbons (Fsp3) is 0.308. The molecule has 0 N–H and O–H groups in total. The molecule has 2 aromatic rings. The summed E-state index contributed by atoms with van der Waals surface area (Å²) in [7, 11) is 0. The van der Waals surface area contributed by atoms with E-state index in [1.54, 1.807) is 0 Å². The molecule has 2 aliphatic rings. The quantitative estimate of drug-likeness (QED) is 0.408. The van der Waals surface area contributed by atoms with Crippen molar-refractivity contribution in [1.82, 2.24) is 0 Å². The van der Waals surface area contributed by atoms with Crippen LogP contribution in [0.15, 0.2) is 71.3 Å². The minimum atomic E-state index is 0. The summed E-state index contributed by atoms with van der Waals surface area (Å²) in [5, 5.41) is 0. The van der Waals surface area contributed by atoms with Gasteiger partial charge in [-0.1, -0.05) is 75.1 Å². The van der Waals surface area contributed by atoms with Crippen LogP contribution < -0.4 is 24.8 Å². The SMILES string of the molecule is CC1=[C-]C(C)(C)C(C)=C1C.CC=CC1c2[c-]cccc2-c2ccccc21.[Cl-].[Cl-].[Zr+4]. The van der Waals surface area contributed by atoms with Gasteiger partial charge in [0.05, 0.1) is 0 Å². The monoisotopic (exact) mass is 500 g/mol. The summed E-state index contributed by atoms with van der Waals surface area (Å²) in [6.07, 6.45) is 7.81. The van der Waals surface area contributed by atoms with Crippen LogP contribution in [0.2, 0.25) is 0 Å². The predicted octanol–water partition coefficient (Wildman–Crippen LogP) is 1.29. The second kappa shape index (κ2) is 11.5. The van der Waals surface area contributed by atoms with Crippen molar-refractivity contribution in [3.8, 4) is 11.1 Å². The molecule has 0 aromatic heterocycles. The molecule has 29 heavy (non-hydrogen) atoms. The molecule has 2 aliphatic carbocycles.